The van der Waals surface area contributed by atoms with E-state index in [9.17, 15) is 9.59 Å². The second-order valence-electron chi connectivity index (χ2n) is 7.50. The molecule has 3 aliphatic rings. The molecule has 1 N–H and O–H groups in total. The van der Waals surface area contributed by atoms with E-state index in [2.05, 4.69) is 39.4 Å². The second kappa shape index (κ2) is 6.07. The van der Waals surface area contributed by atoms with Crippen molar-refractivity contribution in [2.45, 2.75) is 38.1 Å². The molecule has 4 heterocycles. The number of nitrogens with one attached hydrogen (secondary N) is 1. The number of carbonyl (C=O) groups excluding carboxylic acids is 1. The van der Waals surface area contributed by atoms with Crippen molar-refractivity contribution < 1.29 is 9.53 Å². The Morgan fingerprint density at radius 3 is 2.85 bits per heavy atom. The molecule has 0 spiro atoms. The number of pyridine rings is 1. The lowest BCUT2D eigenvalue weighted by molar-refractivity contribution is 0.0322. The van der Waals surface area contributed by atoms with Crippen LogP contribution in [0.5, 0.6) is 5.75 Å². The van der Waals surface area contributed by atoms with Gasteiger partial charge in [0.15, 0.2) is 11.4 Å². The van der Waals surface area contributed by atoms with Crippen LogP contribution >= 0.6 is 22.6 Å². The van der Waals surface area contributed by atoms with E-state index in [1.807, 2.05) is 35.2 Å². The van der Waals surface area contributed by atoms with E-state index < -0.39 is 5.66 Å². The summed E-state index contributed by atoms with van der Waals surface area (Å²) in [6.07, 6.45) is 1.72. The average Bonchev–Trinajstić information content (AvgIpc) is 3.28. The number of fused-ring (bicyclic) bond motifs is 2. The summed E-state index contributed by atoms with van der Waals surface area (Å²) in [6.45, 7) is 3.78. The molecular formula is C20H20IN3O3. The maximum atomic E-state index is 13.4. The number of hydrogen-bond donors (Lipinski definition) is 1. The number of aromatic nitrogens is 1. The van der Waals surface area contributed by atoms with Crippen LogP contribution in [0.4, 0.5) is 0 Å². The van der Waals surface area contributed by atoms with Crippen molar-refractivity contribution in [3.8, 4) is 5.75 Å². The average molecular weight is 477 g/mol. The van der Waals surface area contributed by atoms with Crippen molar-refractivity contribution in [3.63, 3.8) is 0 Å². The molecule has 0 bridgehead atoms. The molecule has 1 fully saturated rings. The van der Waals surface area contributed by atoms with Gasteiger partial charge < -0.3 is 14.2 Å². The fourth-order valence-electron chi connectivity index (χ4n) is 4.75. The molecule has 1 aromatic carbocycles. The molecular weight excluding hydrogens is 457 g/mol. The molecule has 2 aromatic rings. The van der Waals surface area contributed by atoms with E-state index in [1.54, 1.807) is 0 Å². The largest absolute Gasteiger partial charge is 0.483 e. The maximum Gasteiger partial charge on any atom is 0.276 e. The molecule has 1 amide bonds. The van der Waals surface area contributed by atoms with E-state index in [0.717, 1.165) is 30.6 Å². The zero-order chi connectivity index (χ0) is 18.8. The zero-order valence-electron chi connectivity index (χ0n) is 15.0. The number of ether oxygens (including phenoxy) is 1. The van der Waals surface area contributed by atoms with Crippen molar-refractivity contribution in [3.05, 3.63) is 61.1 Å². The summed E-state index contributed by atoms with van der Waals surface area (Å²) in [5.74, 6) is 0.0799. The molecule has 2 atom stereocenters. The van der Waals surface area contributed by atoms with Crippen LogP contribution in [-0.2, 0) is 13.0 Å². The van der Waals surface area contributed by atoms with Crippen molar-refractivity contribution in [2.75, 3.05) is 13.1 Å². The molecule has 0 aliphatic carbocycles. The highest BCUT2D eigenvalue weighted by Gasteiger charge is 2.54. The van der Waals surface area contributed by atoms with Crippen molar-refractivity contribution in [1.82, 2.24) is 14.8 Å². The molecule has 5 rings (SSSR count). The minimum atomic E-state index is -0.399. The molecule has 140 valence electrons. The number of carbonyl (C=O) groups is 1. The van der Waals surface area contributed by atoms with E-state index in [-0.39, 0.29) is 29.7 Å². The molecule has 0 radical (unpaired) electrons. The SMILES string of the molecule is CC12NCCN1C(=O)c1c(OCc3ccccc3)c(=O)c(I)c3n1C2CC3. The van der Waals surface area contributed by atoms with Gasteiger partial charge in [-0.05, 0) is 47.9 Å². The summed E-state index contributed by atoms with van der Waals surface area (Å²) in [4.78, 5) is 28.3. The third kappa shape index (κ3) is 2.34. The Morgan fingerprint density at radius 2 is 2.07 bits per heavy atom. The van der Waals surface area contributed by atoms with Crippen LogP contribution in [-0.4, -0.2) is 34.1 Å². The summed E-state index contributed by atoms with van der Waals surface area (Å²) >= 11 is 2.11. The Hall–Kier alpha value is -1.87. The van der Waals surface area contributed by atoms with Gasteiger partial charge in [0.1, 0.15) is 12.3 Å². The summed E-state index contributed by atoms with van der Waals surface area (Å²) in [5.41, 5.74) is 1.80. The van der Waals surface area contributed by atoms with Gasteiger partial charge >= 0.3 is 0 Å². The lowest BCUT2D eigenvalue weighted by Crippen LogP contribution is -2.60. The summed E-state index contributed by atoms with van der Waals surface area (Å²) < 4.78 is 8.73. The van der Waals surface area contributed by atoms with Crippen LogP contribution in [0.2, 0.25) is 0 Å². The molecule has 0 saturated carbocycles. The maximum absolute atomic E-state index is 13.4. The van der Waals surface area contributed by atoms with Crippen LogP contribution in [0.15, 0.2) is 35.1 Å². The van der Waals surface area contributed by atoms with E-state index in [0.29, 0.717) is 15.8 Å². The van der Waals surface area contributed by atoms with Crippen LogP contribution in [0.3, 0.4) is 0 Å². The van der Waals surface area contributed by atoms with E-state index in [1.165, 1.54) is 0 Å². The van der Waals surface area contributed by atoms with Gasteiger partial charge in [0.25, 0.3) is 5.91 Å². The van der Waals surface area contributed by atoms with E-state index >= 15 is 0 Å². The zero-order valence-corrected chi connectivity index (χ0v) is 17.2. The Bertz CT molecular complexity index is 1000. The third-order valence-electron chi connectivity index (χ3n) is 6.07. The highest BCUT2D eigenvalue weighted by Crippen LogP contribution is 2.46. The normalized spacial score (nSPS) is 25.5. The predicted molar refractivity (Wildman–Crippen MR) is 109 cm³/mol. The monoisotopic (exact) mass is 477 g/mol. The fourth-order valence-corrected chi connectivity index (χ4v) is 5.52. The number of hydrogen-bond acceptors (Lipinski definition) is 4. The Balaban J connectivity index is 1.66. The lowest BCUT2D eigenvalue weighted by Gasteiger charge is -2.46. The number of amides is 1. The first kappa shape index (κ1) is 17.2. The van der Waals surface area contributed by atoms with Crippen molar-refractivity contribution in [2.24, 2.45) is 0 Å². The standard InChI is InChI=1S/C20H20IN3O3/c1-20-14-8-7-13-15(21)17(25)18(27-11-12-5-3-2-4-6-12)16(24(13)14)19(26)23(20)10-9-22-20/h2-6,14,22H,7-11H2,1H3. The molecule has 2 unspecified atom stereocenters. The lowest BCUT2D eigenvalue weighted by atomic mass is 9.96. The Morgan fingerprint density at radius 1 is 1.30 bits per heavy atom. The predicted octanol–water partition coefficient (Wildman–Crippen LogP) is 2.29. The third-order valence-corrected chi connectivity index (χ3v) is 7.19. The number of rotatable bonds is 3. The molecule has 7 heteroatoms. The van der Waals surface area contributed by atoms with Gasteiger partial charge in [-0.15, -0.1) is 0 Å². The van der Waals surface area contributed by atoms with Crippen LogP contribution in [0.1, 0.15) is 41.1 Å². The Kier molecular flexibility index (Phi) is 3.87. The second-order valence-corrected chi connectivity index (χ2v) is 8.58. The van der Waals surface area contributed by atoms with Gasteiger partial charge in [-0.3, -0.25) is 14.9 Å². The molecule has 3 aliphatic heterocycles. The minimum Gasteiger partial charge on any atom is -0.483 e. The van der Waals surface area contributed by atoms with Gasteiger partial charge in [-0.25, -0.2) is 0 Å². The van der Waals surface area contributed by atoms with Gasteiger partial charge in [0, 0.05) is 18.8 Å². The highest BCUT2D eigenvalue weighted by molar-refractivity contribution is 14.1. The summed E-state index contributed by atoms with van der Waals surface area (Å²) in [5, 5.41) is 3.51. The van der Waals surface area contributed by atoms with Crippen molar-refractivity contribution >= 4 is 28.5 Å². The number of halogens is 1. The van der Waals surface area contributed by atoms with Crippen LogP contribution in [0.25, 0.3) is 0 Å². The topological polar surface area (TPSA) is 63.6 Å². The van der Waals surface area contributed by atoms with Crippen molar-refractivity contribution in [1.29, 1.82) is 0 Å². The van der Waals surface area contributed by atoms with Gasteiger partial charge in [-0.1, -0.05) is 30.3 Å². The quantitative estimate of drug-likeness (QED) is 0.690. The Labute approximate surface area is 170 Å². The first-order chi connectivity index (χ1) is 13.0. The number of benzene rings is 1. The molecule has 6 nitrogen and oxygen atoms in total. The first-order valence-corrected chi connectivity index (χ1v) is 10.3. The molecule has 1 aromatic heterocycles. The minimum absolute atomic E-state index is 0.113. The van der Waals surface area contributed by atoms with E-state index in [4.69, 9.17) is 4.74 Å². The van der Waals surface area contributed by atoms with Gasteiger partial charge in [0.2, 0.25) is 5.43 Å². The molecule has 27 heavy (non-hydrogen) atoms. The van der Waals surface area contributed by atoms with Gasteiger partial charge in [0.05, 0.1) is 9.61 Å². The summed E-state index contributed by atoms with van der Waals surface area (Å²) in [6, 6.07) is 9.84. The molecule has 1 saturated heterocycles. The first-order valence-electron chi connectivity index (χ1n) is 9.23. The smallest absolute Gasteiger partial charge is 0.276 e. The summed E-state index contributed by atoms with van der Waals surface area (Å²) in [7, 11) is 0. The number of nitrogens with zero attached hydrogens (tertiary/aromatic N) is 2. The highest BCUT2D eigenvalue weighted by atomic mass is 127. The fraction of sp³-hybridized carbons (Fsp3) is 0.400. The van der Waals surface area contributed by atoms with Gasteiger partial charge in [-0.2, -0.15) is 0 Å². The van der Waals surface area contributed by atoms with Crippen LogP contribution < -0.4 is 15.5 Å². The van der Waals surface area contributed by atoms with Crippen LogP contribution in [0, 0.1) is 3.57 Å².